The third kappa shape index (κ3) is 4.78. The summed E-state index contributed by atoms with van der Waals surface area (Å²) in [6.07, 6.45) is 1.95. The van der Waals surface area contributed by atoms with Gasteiger partial charge in [-0.1, -0.05) is 23.7 Å². The van der Waals surface area contributed by atoms with E-state index in [-0.39, 0.29) is 17.6 Å². The average Bonchev–Trinajstić information content (AvgIpc) is 3.24. The van der Waals surface area contributed by atoms with Crippen LogP contribution in [0.25, 0.3) is 11.0 Å². The summed E-state index contributed by atoms with van der Waals surface area (Å²) in [7, 11) is 0. The molecule has 1 atom stereocenters. The normalized spacial score (nSPS) is 16.1. The monoisotopic (exact) mass is 413 g/mol. The number of halogens is 1. The molecule has 1 aliphatic rings. The van der Waals surface area contributed by atoms with Crippen LogP contribution in [0, 0.1) is 0 Å². The molecule has 1 amide bonds. The third-order valence-corrected chi connectivity index (χ3v) is 5.05. The third-order valence-electron chi connectivity index (χ3n) is 4.79. The first-order chi connectivity index (χ1) is 14.1. The van der Waals surface area contributed by atoms with E-state index >= 15 is 0 Å². The summed E-state index contributed by atoms with van der Waals surface area (Å²) in [6.45, 7) is 1.48. The topological polar surface area (TPSA) is 77.8 Å². The van der Waals surface area contributed by atoms with E-state index < -0.39 is 5.63 Å². The van der Waals surface area contributed by atoms with Crippen LogP contribution in [0.4, 0.5) is 0 Å². The first-order valence-electron chi connectivity index (χ1n) is 9.43. The fourth-order valence-electron chi connectivity index (χ4n) is 3.28. The van der Waals surface area contributed by atoms with Gasteiger partial charge in [0.1, 0.15) is 17.9 Å². The number of carbonyl (C=O) groups is 1. The molecule has 1 aliphatic heterocycles. The van der Waals surface area contributed by atoms with Gasteiger partial charge in [-0.3, -0.25) is 4.79 Å². The largest absolute Gasteiger partial charge is 0.489 e. The first-order valence-corrected chi connectivity index (χ1v) is 9.81. The van der Waals surface area contributed by atoms with Crippen molar-refractivity contribution in [2.45, 2.75) is 25.6 Å². The zero-order chi connectivity index (χ0) is 20.2. The van der Waals surface area contributed by atoms with Crippen molar-refractivity contribution >= 4 is 28.5 Å². The SMILES string of the molecule is O=C(NCC1CCCO1)c1cc(=O)oc2cc(OCc3ccc(Cl)cc3)ccc12. The number of nitrogens with one attached hydrogen (secondary N) is 1. The Bertz CT molecular complexity index is 1070. The van der Waals surface area contributed by atoms with Crippen LogP contribution in [-0.4, -0.2) is 25.2 Å². The van der Waals surface area contributed by atoms with Crippen LogP contribution in [0.2, 0.25) is 5.02 Å². The number of benzene rings is 2. The second-order valence-corrected chi connectivity index (χ2v) is 7.33. The summed E-state index contributed by atoms with van der Waals surface area (Å²) >= 11 is 5.89. The first kappa shape index (κ1) is 19.5. The molecule has 3 aromatic rings. The van der Waals surface area contributed by atoms with Gasteiger partial charge in [-0.15, -0.1) is 0 Å². The van der Waals surface area contributed by atoms with Gasteiger partial charge in [0.2, 0.25) is 0 Å². The van der Waals surface area contributed by atoms with Gasteiger partial charge >= 0.3 is 5.63 Å². The fourth-order valence-corrected chi connectivity index (χ4v) is 3.40. The molecule has 2 aromatic carbocycles. The Morgan fingerprint density at radius 3 is 2.76 bits per heavy atom. The van der Waals surface area contributed by atoms with E-state index in [1.54, 1.807) is 30.3 Å². The van der Waals surface area contributed by atoms with E-state index in [1.165, 1.54) is 6.07 Å². The molecular weight excluding hydrogens is 394 g/mol. The molecule has 0 aliphatic carbocycles. The summed E-state index contributed by atoms with van der Waals surface area (Å²) in [5.74, 6) is 0.209. The van der Waals surface area contributed by atoms with Gasteiger partial charge in [0, 0.05) is 35.7 Å². The molecule has 4 rings (SSSR count). The van der Waals surface area contributed by atoms with E-state index in [1.807, 2.05) is 12.1 Å². The Morgan fingerprint density at radius 2 is 2.00 bits per heavy atom. The van der Waals surface area contributed by atoms with E-state index in [2.05, 4.69) is 5.32 Å². The van der Waals surface area contributed by atoms with E-state index in [9.17, 15) is 9.59 Å². The maximum atomic E-state index is 12.6. The summed E-state index contributed by atoms with van der Waals surface area (Å²) in [6, 6.07) is 13.6. The number of fused-ring (bicyclic) bond motifs is 1. The number of rotatable bonds is 6. The lowest BCUT2D eigenvalue weighted by Gasteiger charge is -2.12. The minimum absolute atomic E-state index is 0.0261. The zero-order valence-electron chi connectivity index (χ0n) is 15.7. The maximum Gasteiger partial charge on any atom is 0.337 e. The quantitative estimate of drug-likeness (QED) is 0.619. The van der Waals surface area contributed by atoms with E-state index in [4.69, 9.17) is 25.5 Å². The number of hydrogen-bond acceptors (Lipinski definition) is 5. The van der Waals surface area contributed by atoms with Gasteiger partial charge < -0.3 is 19.2 Å². The van der Waals surface area contributed by atoms with Gasteiger partial charge in [0.15, 0.2) is 0 Å². The van der Waals surface area contributed by atoms with Crippen molar-refractivity contribution in [3.8, 4) is 5.75 Å². The lowest BCUT2D eigenvalue weighted by Crippen LogP contribution is -2.32. The van der Waals surface area contributed by atoms with Crippen molar-refractivity contribution in [2.75, 3.05) is 13.2 Å². The van der Waals surface area contributed by atoms with Gasteiger partial charge in [0.05, 0.1) is 11.7 Å². The zero-order valence-corrected chi connectivity index (χ0v) is 16.4. The molecule has 1 N–H and O–H groups in total. The van der Waals surface area contributed by atoms with Gasteiger partial charge in [-0.2, -0.15) is 0 Å². The molecule has 0 spiro atoms. The predicted octanol–water partition coefficient (Wildman–Crippen LogP) is 3.93. The van der Waals surface area contributed by atoms with Crippen molar-refractivity contribution in [3.05, 3.63) is 75.1 Å². The lowest BCUT2D eigenvalue weighted by atomic mass is 10.1. The van der Waals surface area contributed by atoms with Gasteiger partial charge in [-0.05, 0) is 42.7 Å². The Kier molecular flexibility index (Phi) is 5.83. The Morgan fingerprint density at radius 1 is 1.17 bits per heavy atom. The molecule has 1 unspecified atom stereocenters. The molecule has 150 valence electrons. The molecule has 0 bridgehead atoms. The van der Waals surface area contributed by atoms with Crippen molar-refractivity contribution in [3.63, 3.8) is 0 Å². The summed E-state index contributed by atoms with van der Waals surface area (Å²) in [4.78, 5) is 24.6. The highest BCUT2D eigenvalue weighted by Crippen LogP contribution is 2.24. The minimum atomic E-state index is -0.588. The minimum Gasteiger partial charge on any atom is -0.489 e. The highest BCUT2D eigenvalue weighted by molar-refractivity contribution is 6.30. The van der Waals surface area contributed by atoms with Crippen LogP contribution in [0.5, 0.6) is 5.75 Å². The standard InChI is InChI=1S/C22H20ClNO5/c23-15-5-3-14(4-6-15)13-28-16-7-8-18-19(11-21(25)29-20(18)10-16)22(26)24-12-17-2-1-9-27-17/h3-8,10-11,17H,1-2,9,12-13H2,(H,24,26). The van der Waals surface area contributed by atoms with Crippen molar-refractivity contribution in [1.82, 2.24) is 5.32 Å². The highest BCUT2D eigenvalue weighted by atomic mass is 35.5. The van der Waals surface area contributed by atoms with Crippen LogP contribution >= 0.6 is 11.6 Å². The predicted molar refractivity (Wildman–Crippen MR) is 110 cm³/mol. The average molecular weight is 414 g/mol. The smallest absolute Gasteiger partial charge is 0.337 e. The molecule has 1 fully saturated rings. The Balaban J connectivity index is 1.51. The molecule has 1 aromatic heterocycles. The number of carbonyl (C=O) groups excluding carboxylic acids is 1. The second kappa shape index (κ2) is 8.68. The molecule has 7 heteroatoms. The van der Waals surface area contributed by atoms with E-state index in [0.717, 1.165) is 25.0 Å². The van der Waals surface area contributed by atoms with E-state index in [0.29, 0.717) is 34.9 Å². The number of ether oxygens (including phenoxy) is 2. The second-order valence-electron chi connectivity index (χ2n) is 6.90. The van der Waals surface area contributed by atoms with Crippen molar-refractivity contribution in [2.24, 2.45) is 0 Å². The molecule has 29 heavy (non-hydrogen) atoms. The molecule has 0 saturated carbocycles. The van der Waals surface area contributed by atoms with Crippen LogP contribution in [0.15, 0.2) is 57.7 Å². The summed E-state index contributed by atoms with van der Waals surface area (Å²) < 4.78 is 16.6. The van der Waals surface area contributed by atoms with Crippen molar-refractivity contribution < 1.29 is 18.7 Å². The summed E-state index contributed by atoms with van der Waals surface area (Å²) in [5.41, 5.74) is 0.944. The van der Waals surface area contributed by atoms with Crippen molar-refractivity contribution in [1.29, 1.82) is 0 Å². The van der Waals surface area contributed by atoms with Crippen LogP contribution in [0.1, 0.15) is 28.8 Å². The maximum absolute atomic E-state index is 12.6. The van der Waals surface area contributed by atoms with Crippen LogP contribution < -0.4 is 15.7 Å². The molecule has 1 saturated heterocycles. The molecular formula is C22H20ClNO5. The molecule has 2 heterocycles. The van der Waals surface area contributed by atoms with Gasteiger partial charge in [0.25, 0.3) is 5.91 Å². The molecule has 0 radical (unpaired) electrons. The number of amides is 1. The van der Waals surface area contributed by atoms with Crippen LogP contribution in [-0.2, 0) is 11.3 Å². The van der Waals surface area contributed by atoms with Gasteiger partial charge in [-0.25, -0.2) is 4.79 Å². The number of hydrogen-bond donors (Lipinski definition) is 1. The lowest BCUT2D eigenvalue weighted by molar-refractivity contribution is 0.0858. The fraction of sp³-hybridized carbons (Fsp3) is 0.273. The Hall–Kier alpha value is -2.83. The summed E-state index contributed by atoms with van der Waals surface area (Å²) in [5, 5.41) is 4.05. The van der Waals surface area contributed by atoms with Crippen LogP contribution in [0.3, 0.4) is 0 Å². The molecule has 6 nitrogen and oxygen atoms in total. The Labute approximate surface area is 172 Å². The highest BCUT2D eigenvalue weighted by Gasteiger charge is 2.19.